The molecule has 3 rings (SSSR count). The molecular formula is C38H64O6Si2. The first-order valence-corrected chi connectivity index (χ1v) is 23.4. The summed E-state index contributed by atoms with van der Waals surface area (Å²) in [7, 11) is -4.09. The molecule has 0 N–H and O–H groups in total. The van der Waals surface area contributed by atoms with Crippen molar-refractivity contribution in [2.75, 3.05) is 0 Å². The third-order valence-electron chi connectivity index (χ3n) is 11.4. The first-order chi connectivity index (χ1) is 21.2. The summed E-state index contributed by atoms with van der Waals surface area (Å²) in [4.78, 5) is 26.3. The second-order valence-electron chi connectivity index (χ2n) is 17.1. The number of carbonyl (C=O) groups excluding carboxylic acids is 2. The van der Waals surface area contributed by atoms with E-state index in [1.807, 2.05) is 0 Å². The summed E-state index contributed by atoms with van der Waals surface area (Å²) in [6.45, 7) is 32.5. The Morgan fingerprint density at radius 1 is 0.978 bits per heavy atom. The fourth-order valence-corrected chi connectivity index (χ4v) is 9.27. The summed E-state index contributed by atoms with van der Waals surface area (Å²) in [5.74, 6) is -0.0708. The van der Waals surface area contributed by atoms with Crippen LogP contribution in [0.5, 0.6) is 0 Å². The predicted molar refractivity (Wildman–Crippen MR) is 193 cm³/mol. The Kier molecular flexibility index (Phi) is 12.8. The van der Waals surface area contributed by atoms with Crippen molar-refractivity contribution in [1.82, 2.24) is 0 Å². The average molecular weight is 673 g/mol. The van der Waals surface area contributed by atoms with Crippen molar-refractivity contribution in [2.24, 2.45) is 23.7 Å². The molecule has 1 aliphatic heterocycles. The molecule has 7 atom stereocenters. The fraction of sp³-hybridized carbons (Fsp3) is 0.737. The van der Waals surface area contributed by atoms with Crippen LogP contribution in [0.4, 0.5) is 0 Å². The molecule has 0 aromatic carbocycles. The summed E-state index contributed by atoms with van der Waals surface area (Å²) < 4.78 is 26.0. The van der Waals surface area contributed by atoms with Crippen molar-refractivity contribution >= 4 is 28.6 Å². The Labute approximate surface area is 282 Å². The molecule has 260 valence electrons. The largest absolute Gasteiger partial charge is 0.462 e. The van der Waals surface area contributed by atoms with Crippen LogP contribution in [0.2, 0.25) is 36.3 Å². The number of carbonyl (C=O) groups is 2. The lowest BCUT2D eigenvalue weighted by Crippen LogP contribution is -2.48. The van der Waals surface area contributed by atoms with E-state index in [-0.39, 0.29) is 70.1 Å². The highest BCUT2D eigenvalue weighted by molar-refractivity contribution is 6.74. The zero-order valence-electron chi connectivity index (χ0n) is 30.8. The predicted octanol–water partition coefficient (Wildman–Crippen LogP) is 9.70. The highest BCUT2D eigenvalue weighted by Gasteiger charge is 2.47. The number of hydrogen-bond donors (Lipinski definition) is 0. The molecule has 46 heavy (non-hydrogen) atoms. The summed E-state index contributed by atoms with van der Waals surface area (Å²) in [6.07, 6.45) is 14.1. The van der Waals surface area contributed by atoms with Crippen molar-refractivity contribution < 1.29 is 27.9 Å². The maximum absolute atomic E-state index is 13.6. The molecule has 1 fully saturated rings. The van der Waals surface area contributed by atoms with E-state index in [4.69, 9.17) is 18.3 Å². The van der Waals surface area contributed by atoms with E-state index in [2.05, 4.69) is 106 Å². The molecule has 0 bridgehead atoms. The lowest BCUT2D eigenvalue weighted by molar-refractivity contribution is -0.162. The number of ether oxygens (including phenoxy) is 2. The normalized spacial score (nSPS) is 29.1. The Morgan fingerprint density at radius 2 is 1.57 bits per heavy atom. The van der Waals surface area contributed by atoms with E-state index >= 15 is 0 Å². The van der Waals surface area contributed by atoms with E-state index in [0.29, 0.717) is 25.7 Å². The molecule has 1 heterocycles. The van der Waals surface area contributed by atoms with Crippen LogP contribution in [0.1, 0.15) is 93.4 Å². The van der Waals surface area contributed by atoms with Gasteiger partial charge in [0.1, 0.15) is 12.2 Å². The van der Waals surface area contributed by atoms with Crippen LogP contribution in [0.3, 0.4) is 0 Å². The van der Waals surface area contributed by atoms with Gasteiger partial charge < -0.3 is 18.3 Å². The van der Waals surface area contributed by atoms with Gasteiger partial charge in [0.15, 0.2) is 16.6 Å². The lowest BCUT2D eigenvalue weighted by atomic mass is 9.66. The van der Waals surface area contributed by atoms with Gasteiger partial charge in [-0.2, -0.15) is 0 Å². The van der Waals surface area contributed by atoms with Crippen molar-refractivity contribution in [2.45, 2.75) is 154 Å². The molecule has 0 amide bonds. The van der Waals surface area contributed by atoms with Gasteiger partial charge in [0.25, 0.3) is 0 Å². The van der Waals surface area contributed by atoms with E-state index < -0.39 is 16.6 Å². The van der Waals surface area contributed by atoms with Crippen LogP contribution in [-0.2, 0) is 27.9 Å². The first-order valence-electron chi connectivity index (χ1n) is 17.6. The van der Waals surface area contributed by atoms with Gasteiger partial charge in [-0.25, -0.2) is 0 Å². The molecule has 0 aromatic heterocycles. The number of esters is 2. The van der Waals surface area contributed by atoms with Crippen LogP contribution in [0.15, 0.2) is 49.1 Å². The van der Waals surface area contributed by atoms with Gasteiger partial charge in [-0.15, -0.1) is 13.2 Å². The Balaban J connectivity index is 1.86. The Morgan fingerprint density at radius 3 is 2.13 bits per heavy atom. The standard InChI is InChI=1S/C38H64O6Si2/c1-14-16-27(17-15-2)36(40)42-33-24-30(43-45(10,11)37(4,5)6)22-28-19-18-26(3)32(35(28)33)21-20-29-23-31(25-34(39)41-29)44-46(12,13)38(7,8)9/h14-15,18-19,22,26-27,29-33,35H,1-2,16-17,20-21,23-25H2,3-13H3/t26-,29+,30+,31+,32-,33-,35-/m0/s1. The molecule has 0 spiro atoms. The monoisotopic (exact) mass is 672 g/mol. The Hall–Kier alpha value is -1.75. The minimum atomic E-state index is -2.07. The van der Waals surface area contributed by atoms with Crippen molar-refractivity contribution in [3.8, 4) is 0 Å². The first kappa shape index (κ1) is 38.7. The van der Waals surface area contributed by atoms with E-state index in [1.54, 1.807) is 12.2 Å². The number of allylic oxidation sites excluding steroid dienone is 4. The van der Waals surface area contributed by atoms with Crippen LogP contribution in [0.25, 0.3) is 0 Å². The van der Waals surface area contributed by atoms with Gasteiger partial charge in [-0.1, -0.05) is 78.8 Å². The van der Waals surface area contributed by atoms with E-state index in [1.165, 1.54) is 5.57 Å². The van der Waals surface area contributed by atoms with Gasteiger partial charge >= 0.3 is 11.9 Å². The van der Waals surface area contributed by atoms with Crippen LogP contribution >= 0.6 is 0 Å². The van der Waals surface area contributed by atoms with Crippen molar-refractivity contribution in [3.05, 3.63) is 49.1 Å². The van der Waals surface area contributed by atoms with Crippen LogP contribution in [-0.4, -0.2) is 53.0 Å². The smallest absolute Gasteiger partial charge is 0.309 e. The molecule has 2 aliphatic carbocycles. The number of hydrogen-bond acceptors (Lipinski definition) is 6. The average Bonchev–Trinajstić information content (AvgIpc) is 2.90. The highest BCUT2D eigenvalue weighted by Crippen LogP contribution is 2.47. The lowest BCUT2D eigenvalue weighted by Gasteiger charge is -2.46. The van der Waals surface area contributed by atoms with Gasteiger partial charge in [0, 0.05) is 18.8 Å². The molecule has 6 nitrogen and oxygen atoms in total. The molecule has 0 unspecified atom stereocenters. The summed E-state index contributed by atoms with van der Waals surface area (Å²) in [6, 6.07) is 0. The minimum Gasteiger partial charge on any atom is -0.462 e. The van der Waals surface area contributed by atoms with Crippen LogP contribution in [0, 0.1) is 23.7 Å². The number of cyclic esters (lactones) is 1. The quantitative estimate of drug-likeness (QED) is 0.110. The zero-order valence-corrected chi connectivity index (χ0v) is 32.8. The second-order valence-corrected chi connectivity index (χ2v) is 26.6. The van der Waals surface area contributed by atoms with Crippen molar-refractivity contribution in [1.29, 1.82) is 0 Å². The third kappa shape index (κ3) is 9.67. The summed E-state index contributed by atoms with van der Waals surface area (Å²) in [5, 5.41) is 0.142. The summed E-state index contributed by atoms with van der Waals surface area (Å²) in [5.41, 5.74) is 1.19. The molecule has 0 aromatic rings. The molecule has 8 heteroatoms. The Bertz CT molecular complexity index is 1150. The molecule has 3 aliphatic rings. The second kappa shape index (κ2) is 15.2. The van der Waals surface area contributed by atoms with Gasteiger partial charge in [-0.05, 0) is 79.4 Å². The number of rotatable bonds is 13. The van der Waals surface area contributed by atoms with Gasteiger partial charge in [-0.3, -0.25) is 9.59 Å². The molecule has 1 saturated heterocycles. The van der Waals surface area contributed by atoms with Crippen LogP contribution < -0.4 is 0 Å². The maximum atomic E-state index is 13.6. The highest BCUT2D eigenvalue weighted by atomic mass is 28.4. The fourth-order valence-electron chi connectivity index (χ4n) is 6.63. The SMILES string of the molecule is C=CCC(CC=C)C(=O)O[C@H]1C[C@H](O[Si](C)(C)C(C)(C)C)C=C2C=C[C@H](C)[C@H](CC[C@@H]3C[C@@H](O[Si](C)(C)C(C)(C)C)CC(=O)O3)[C@H]21. The molecule has 0 saturated carbocycles. The zero-order chi connectivity index (χ0) is 34.7. The minimum absolute atomic E-state index is 0.0508. The topological polar surface area (TPSA) is 71.1 Å². The molecule has 0 radical (unpaired) electrons. The van der Waals surface area contributed by atoms with E-state index in [0.717, 1.165) is 19.3 Å². The van der Waals surface area contributed by atoms with Gasteiger partial charge in [0.05, 0.1) is 24.5 Å². The van der Waals surface area contributed by atoms with E-state index in [9.17, 15) is 9.59 Å². The molecular weight excluding hydrogens is 609 g/mol. The number of fused-ring (bicyclic) bond motifs is 1. The van der Waals surface area contributed by atoms with Gasteiger partial charge in [0.2, 0.25) is 0 Å². The third-order valence-corrected chi connectivity index (χ3v) is 20.5. The maximum Gasteiger partial charge on any atom is 0.309 e. The summed E-state index contributed by atoms with van der Waals surface area (Å²) >= 11 is 0. The van der Waals surface area contributed by atoms with Crippen molar-refractivity contribution in [3.63, 3.8) is 0 Å².